The molecule has 1 aliphatic heterocycles. The lowest BCUT2D eigenvalue weighted by molar-refractivity contribution is -0.130. The highest BCUT2D eigenvalue weighted by Gasteiger charge is 2.25. The summed E-state index contributed by atoms with van der Waals surface area (Å²) in [4.78, 5) is 15.9. The molecule has 0 radical (unpaired) electrons. The number of furan rings is 1. The summed E-state index contributed by atoms with van der Waals surface area (Å²) in [7, 11) is 1.59. The number of benzene rings is 1. The first kappa shape index (κ1) is 12.2. The lowest BCUT2D eigenvalue weighted by Gasteiger charge is -2.00. The van der Waals surface area contributed by atoms with Gasteiger partial charge in [-0.1, -0.05) is 12.1 Å². The molecule has 1 aromatic carbocycles. The molecular weight excluding hydrogens is 258 g/mol. The van der Waals surface area contributed by atoms with E-state index in [0.29, 0.717) is 11.5 Å². The first-order chi connectivity index (χ1) is 9.76. The molecule has 5 nitrogen and oxygen atoms in total. The second-order valence-electron chi connectivity index (χ2n) is 4.09. The first-order valence-corrected chi connectivity index (χ1v) is 5.97. The highest BCUT2D eigenvalue weighted by Crippen LogP contribution is 2.21. The summed E-state index contributed by atoms with van der Waals surface area (Å²) in [6, 6.07) is 10.7. The molecular formula is C15H11NO4. The summed E-state index contributed by atoms with van der Waals surface area (Å²) in [6.07, 6.45) is 3.14. The number of methoxy groups -OCH3 is 1. The van der Waals surface area contributed by atoms with Gasteiger partial charge in [0.25, 0.3) is 5.90 Å². The van der Waals surface area contributed by atoms with Crippen LogP contribution in [0.3, 0.4) is 0 Å². The highest BCUT2D eigenvalue weighted by molar-refractivity contribution is 6.11. The first-order valence-electron chi connectivity index (χ1n) is 5.97. The Morgan fingerprint density at radius 1 is 1.25 bits per heavy atom. The minimum Gasteiger partial charge on any atom is -0.497 e. The topological polar surface area (TPSA) is 61.0 Å². The Morgan fingerprint density at radius 2 is 2.15 bits per heavy atom. The molecule has 5 heteroatoms. The van der Waals surface area contributed by atoms with E-state index in [9.17, 15) is 4.79 Å². The van der Waals surface area contributed by atoms with E-state index >= 15 is 0 Å². The number of ether oxygens (including phenoxy) is 2. The standard InChI is InChI=1S/C15H11NO4/c1-18-11-5-2-4-10(8-11)9-12-15(17)20-14(16-12)13-6-3-7-19-13/h2-9H,1H3. The van der Waals surface area contributed by atoms with Gasteiger partial charge in [-0.3, -0.25) is 0 Å². The maximum atomic E-state index is 11.8. The molecule has 0 N–H and O–H groups in total. The monoisotopic (exact) mass is 269 g/mol. The molecule has 1 aromatic heterocycles. The normalized spacial score (nSPS) is 16.1. The number of rotatable bonds is 3. The van der Waals surface area contributed by atoms with Gasteiger partial charge in [0.15, 0.2) is 11.5 Å². The van der Waals surface area contributed by atoms with Crippen molar-refractivity contribution in [3.8, 4) is 5.75 Å². The molecule has 100 valence electrons. The van der Waals surface area contributed by atoms with Crippen LogP contribution in [0.15, 0.2) is 57.8 Å². The maximum Gasteiger partial charge on any atom is 0.363 e. The van der Waals surface area contributed by atoms with Gasteiger partial charge in [0.2, 0.25) is 0 Å². The van der Waals surface area contributed by atoms with E-state index in [1.165, 1.54) is 6.26 Å². The molecule has 0 saturated carbocycles. The van der Waals surface area contributed by atoms with Crippen molar-refractivity contribution in [2.45, 2.75) is 0 Å². The molecule has 20 heavy (non-hydrogen) atoms. The molecule has 0 saturated heterocycles. The predicted molar refractivity (Wildman–Crippen MR) is 72.3 cm³/mol. The Bertz CT molecular complexity index is 698. The van der Waals surface area contributed by atoms with Crippen LogP contribution in [0.4, 0.5) is 0 Å². The Labute approximate surface area is 115 Å². The molecule has 0 aliphatic carbocycles. The van der Waals surface area contributed by atoms with Gasteiger partial charge in [0.05, 0.1) is 13.4 Å². The number of hydrogen-bond acceptors (Lipinski definition) is 5. The van der Waals surface area contributed by atoms with Crippen LogP contribution in [0.5, 0.6) is 5.75 Å². The Morgan fingerprint density at radius 3 is 2.90 bits per heavy atom. The van der Waals surface area contributed by atoms with Crippen LogP contribution in [0, 0.1) is 0 Å². The molecule has 0 fully saturated rings. The van der Waals surface area contributed by atoms with E-state index in [2.05, 4.69) is 4.99 Å². The number of esters is 1. The fraction of sp³-hybridized carbons (Fsp3) is 0.0667. The van der Waals surface area contributed by atoms with Crippen molar-refractivity contribution >= 4 is 17.9 Å². The minimum atomic E-state index is -0.501. The van der Waals surface area contributed by atoms with Crippen molar-refractivity contribution in [2.75, 3.05) is 7.11 Å². The van der Waals surface area contributed by atoms with E-state index < -0.39 is 5.97 Å². The van der Waals surface area contributed by atoms with E-state index in [1.54, 1.807) is 31.4 Å². The predicted octanol–water partition coefficient (Wildman–Crippen LogP) is 2.63. The number of aliphatic imine (C=N–C) groups is 1. The van der Waals surface area contributed by atoms with Gasteiger partial charge in [0.1, 0.15) is 5.75 Å². The number of cyclic esters (lactones) is 1. The average molecular weight is 269 g/mol. The lowest BCUT2D eigenvalue weighted by Crippen LogP contribution is -2.04. The zero-order valence-electron chi connectivity index (χ0n) is 10.7. The molecule has 0 atom stereocenters. The number of hydrogen-bond donors (Lipinski definition) is 0. The second-order valence-corrected chi connectivity index (χ2v) is 4.09. The fourth-order valence-corrected chi connectivity index (χ4v) is 1.80. The molecule has 0 unspecified atom stereocenters. The van der Waals surface area contributed by atoms with Crippen LogP contribution >= 0.6 is 0 Å². The summed E-state index contributed by atoms with van der Waals surface area (Å²) in [5.41, 5.74) is 1.03. The van der Waals surface area contributed by atoms with Gasteiger partial charge in [-0.05, 0) is 35.9 Å². The van der Waals surface area contributed by atoms with E-state index in [1.807, 2.05) is 18.2 Å². The summed E-state index contributed by atoms with van der Waals surface area (Å²) in [6.45, 7) is 0. The molecule has 0 bridgehead atoms. The third-order valence-electron chi connectivity index (χ3n) is 2.75. The number of carbonyl (C=O) groups is 1. The van der Waals surface area contributed by atoms with E-state index in [0.717, 1.165) is 5.56 Å². The van der Waals surface area contributed by atoms with Crippen molar-refractivity contribution < 1.29 is 18.7 Å². The largest absolute Gasteiger partial charge is 0.497 e. The lowest BCUT2D eigenvalue weighted by atomic mass is 10.2. The zero-order valence-corrected chi connectivity index (χ0v) is 10.7. The van der Waals surface area contributed by atoms with Gasteiger partial charge in [-0.15, -0.1) is 0 Å². The minimum absolute atomic E-state index is 0.175. The van der Waals surface area contributed by atoms with Crippen molar-refractivity contribution in [2.24, 2.45) is 4.99 Å². The van der Waals surface area contributed by atoms with Crippen LogP contribution < -0.4 is 4.74 Å². The van der Waals surface area contributed by atoms with Crippen LogP contribution in [-0.4, -0.2) is 19.0 Å². The van der Waals surface area contributed by atoms with Crippen molar-refractivity contribution in [1.82, 2.24) is 0 Å². The van der Waals surface area contributed by atoms with Crippen molar-refractivity contribution in [1.29, 1.82) is 0 Å². The Balaban J connectivity index is 1.93. The molecule has 1 aliphatic rings. The van der Waals surface area contributed by atoms with Gasteiger partial charge < -0.3 is 13.9 Å². The maximum absolute atomic E-state index is 11.8. The summed E-state index contributed by atoms with van der Waals surface area (Å²) in [5, 5.41) is 0. The third kappa shape index (κ3) is 2.33. The number of carbonyl (C=O) groups excluding carboxylic acids is 1. The molecule has 0 amide bonds. The van der Waals surface area contributed by atoms with Crippen LogP contribution in [0.1, 0.15) is 11.3 Å². The zero-order chi connectivity index (χ0) is 13.9. The molecule has 2 aromatic rings. The number of nitrogens with zero attached hydrogens (tertiary/aromatic N) is 1. The summed E-state index contributed by atoms with van der Waals surface area (Å²) in [5.74, 6) is 0.807. The van der Waals surface area contributed by atoms with Gasteiger partial charge in [0, 0.05) is 0 Å². The Kier molecular flexibility index (Phi) is 3.09. The van der Waals surface area contributed by atoms with Crippen LogP contribution in [0.2, 0.25) is 0 Å². The van der Waals surface area contributed by atoms with Gasteiger partial charge >= 0.3 is 5.97 Å². The second kappa shape index (κ2) is 5.05. The van der Waals surface area contributed by atoms with Crippen LogP contribution in [-0.2, 0) is 9.53 Å². The molecule has 0 spiro atoms. The van der Waals surface area contributed by atoms with Gasteiger partial charge in [-0.25, -0.2) is 9.79 Å². The summed E-state index contributed by atoms with van der Waals surface area (Å²) >= 11 is 0. The highest BCUT2D eigenvalue weighted by atomic mass is 16.6. The van der Waals surface area contributed by atoms with E-state index in [-0.39, 0.29) is 11.6 Å². The van der Waals surface area contributed by atoms with Crippen molar-refractivity contribution in [3.63, 3.8) is 0 Å². The molecule has 3 rings (SSSR count). The van der Waals surface area contributed by atoms with Gasteiger partial charge in [-0.2, -0.15) is 0 Å². The average Bonchev–Trinajstić information content (AvgIpc) is 3.10. The summed E-state index contributed by atoms with van der Waals surface area (Å²) < 4.78 is 15.3. The van der Waals surface area contributed by atoms with E-state index in [4.69, 9.17) is 13.9 Å². The quantitative estimate of drug-likeness (QED) is 0.634. The SMILES string of the molecule is COc1cccc(C=C2N=C(c3ccco3)OC2=O)c1. The Hall–Kier alpha value is -2.82. The third-order valence-corrected chi connectivity index (χ3v) is 2.75. The fourth-order valence-electron chi connectivity index (χ4n) is 1.80. The smallest absolute Gasteiger partial charge is 0.363 e. The van der Waals surface area contributed by atoms with Crippen molar-refractivity contribution in [3.05, 3.63) is 59.7 Å². The molecule has 2 heterocycles. The van der Waals surface area contributed by atoms with Crippen LogP contribution in [0.25, 0.3) is 6.08 Å².